The highest BCUT2D eigenvalue weighted by atomic mass is 28.3. The first kappa shape index (κ1) is 19.6. The summed E-state index contributed by atoms with van der Waals surface area (Å²) in [7, 11) is -0.988. The first-order chi connectivity index (χ1) is 8.91. The topological polar surface area (TPSA) is 3.24 Å². The van der Waals surface area contributed by atoms with Gasteiger partial charge in [0, 0.05) is 26.4 Å². The van der Waals surface area contributed by atoms with E-state index in [2.05, 4.69) is 44.2 Å². The van der Waals surface area contributed by atoms with Gasteiger partial charge in [-0.15, -0.1) is 0 Å². The molecular weight excluding hydrogens is 278 g/mol. The quantitative estimate of drug-likeness (QED) is 0.493. The molecule has 0 rings (SSSR count). The number of hydrogen-bond acceptors (Lipinski definition) is 1. The molecule has 0 aliphatic carbocycles. The molecule has 116 valence electrons. The van der Waals surface area contributed by atoms with Crippen LogP contribution in [0.5, 0.6) is 0 Å². The summed E-state index contributed by atoms with van der Waals surface area (Å²) >= 11 is 0. The minimum absolute atomic E-state index is 0.329. The van der Waals surface area contributed by atoms with E-state index in [1.165, 1.54) is 57.0 Å². The Morgan fingerprint density at radius 1 is 0.526 bits per heavy atom. The van der Waals surface area contributed by atoms with E-state index in [1.807, 2.05) is 0 Å². The summed E-state index contributed by atoms with van der Waals surface area (Å²) in [5, 5.41) is 0. The fourth-order valence-corrected chi connectivity index (χ4v) is 5.50. The third-order valence-electron chi connectivity index (χ3n) is 3.77. The van der Waals surface area contributed by atoms with E-state index in [0.717, 1.165) is 0 Å². The predicted octanol–water partition coefficient (Wildman–Crippen LogP) is 3.92. The predicted molar refractivity (Wildman–Crippen MR) is 101 cm³/mol. The molecule has 0 N–H and O–H groups in total. The molecule has 0 saturated carbocycles. The normalized spacial score (nSPS) is 12.3. The zero-order chi connectivity index (χ0) is 14.7. The van der Waals surface area contributed by atoms with Crippen LogP contribution in [0.25, 0.3) is 0 Å². The van der Waals surface area contributed by atoms with E-state index in [4.69, 9.17) is 0 Å². The largest absolute Gasteiger partial charge is 0.303 e. The molecule has 0 aromatic rings. The molecule has 0 aliphatic rings. The van der Waals surface area contributed by atoms with Crippen molar-refractivity contribution in [2.45, 2.75) is 76.7 Å². The molecule has 4 heteroatoms. The molecule has 0 aromatic heterocycles. The van der Waals surface area contributed by atoms with Crippen LogP contribution in [0, 0.1) is 0 Å². The van der Waals surface area contributed by atoms with Gasteiger partial charge in [-0.25, -0.2) is 0 Å². The second-order valence-electron chi connectivity index (χ2n) is 7.45. The molecule has 0 spiro atoms. The van der Waals surface area contributed by atoms with Crippen molar-refractivity contribution in [3.63, 3.8) is 0 Å². The molecule has 0 amide bonds. The molecule has 1 nitrogen and oxygen atoms in total. The van der Waals surface area contributed by atoms with E-state index >= 15 is 0 Å². The summed E-state index contributed by atoms with van der Waals surface area (Å²) in [5.74, 6) is 0. The molecule has 0 saturated heterocycles. The second-order valence-corrected chi connectivity index (χ2v) is 17.5. The summed E-state index contributed by atoms with van der Waals surface area (Å²) in [6.45, 7) is 19.0. The lowest BCUT2D eigenvalue weighted by Crippen LogP contribution is -2.28. The minimum Gasteiger partial charge on any atom is -0.303 e. The SMILES string of the molecule is C[SiH](C)CCCN(CCC[SiH](C)C)CCC[SiH](C)C. The summed E-state index contributed by atoms with van der Waals surface area (Å²) in [5.41, 5.74) is 0. The van der Waals surface area contributed by atoms with E-state index in [1.54, 1.807) is 0 Å². The lowest BCUT2D eigenvalue weighted by atomic mass is 10.3. The fourth-order valence-electron chi connectivity index (χ4n) is 2.50. The van der Waals surface area contributed by atoms with Crippen LogP contribution in [-0.4, -0.2) is 50.9 Å². The standard InChI is InChI=1S/C15H39NSi3/c1-17(2)13-7-10-16(11-8-14-18(3)4)12-9-15-19(5)6/h17-19H,7-15H2,1-6H3. The molecule has 0 atom stereocenters. The van der Waals surface area contributed by atoms with Gasteiger partial charge < -0.3 is 4.90 Å². The molecule has 0 heterocycles. The van der Waals surface area contributed by atoms with Gasteiger partial charge in [0.2, 0.25) is 0 Å². The summed E-state index contributed by atoms with van der Waals surface area (Å²) < 4.78 is 0. The van der Waals surface area contributed by atoms with Gasteiger partial charge in [0.05, 0.1) is 0 Å². The molecule has 0 fully saturated rings. The molecule has 0 aromatic carbocycles. The van der Waals surface area contributed by atoms with Gasteiger partial charge in [0.1, 0.15) is 0 Å². The molecule has 19 heavy (non-hydrogen) atoms. The Balaban J connectivity index is 3.85. The van der Waals surface area contributed by atoms with Gasteiger partial charge in [-0.3, -0.25) is 0 Å². The van der Waals surface area contributed by atoms with E-state index in [-0.39, 0.29) is 26.4 Å². The zero-order valence-corrected chi connectivity index (χ0v) is 18.0. The Morgan fingerprint density at radius 2 is 0.789 bits per heavy atom. The Kier molecular flexibility index (Phi) is 12.8. The van der Waals surface area contributed by atoms with Crippen LogP contribution < -0.4 is 0 Å². The first-order valence-corrected chi connectivity index (χ1v) is 18.0. The van der Waals surface area contributed by atoms with Crippen LogP contribution in [0.1, 0.15) is 19.3 Å². The fraction of sp³-hybridized carbons (Fsp3) is 1.00. The summed E-state index contributed by atoms with van der Waals surface area (Å²) in [6, 6.07) is 4.61. The van der Waals surface area contributed by atoms with Crippen molar-refractivity contribution in [1.82, 2.24) is 4.90 Å². The second kappa shape index (κ2) is 12.4. The maximum absolute atomic E-state index is 2.78. The van der Waals surface area contributed by atoms with Crippen LogP contribution in [0.2, 0.25) is 57.4 Å². The molecule has 0 aliphatic heterocycles. The van der Waals surface area contributed by atoms with E-state index in [0.29, 0.717) is 0 Å². The maximum Gasteiger partial charge on any atom is 0.0306 e. The zero-order valence-electron chi connectivity index (χ0n) is 14.5. The lowest BCUT2D eigenvalue weighted by molar-refractivity contribution is 0.275. The third-order valence-corrected chi connectivity index (χ3v) is 8.46. The summed E-state index contributed by atoms with van der Waals surface area (Å²) in [4.78, 5) is 2.78. The summed E-state index contributed by atoms with van der Waals surface area (Å²) in [6.07, 6.45) is 4.38. The van der Waals surface area contributed by atoms with Crippen molar-refractivity contribution in [3.8, 4) is 0 Å². The Labute approximate surface area is 128 Å². The Bertz CT molecular complexity index is 163. The van der Waals surface area contributed by atoms with Gasteiger partial charge >= 0.3 is 0 Å². The lowest BCUT2D eigenvalue weighted by Gasteiger charge is -2.23. The highest BCUT2D eigenvalue weighted by molar-refractivity contribution is 6.56. The van der Waals surface area contributed by atoms with Gasteiger partial charge in [-0.1, -0.05) is 57.4 Å². The molecule has 0 radical (unpaired) electrons. The van der Waals surface area contributed by atoms with Crippen molar-refractivity contribution in [2.24, 2.45) is 0 Å². The van der Waals surface area contributed by atoms with Crippen LogP contribution in [0.4, 0.5) is 0 Å². The van der Waals surface area contributed by atoms with Crippen LogP contribution >= 0.6 is 0 Å². The minimum atomic E-state index is -0.329. The Morgan fingerprint density at radius 3 is 1.00 bits per heavy atom. The van der Waals surface area contributed by atoms with Crippen LogP contribution in [-0.2, 0) is 0 Å². The smallest absolute Gasteiger partial charge is 0.0306 e. The van der Waals surface area contributed by atoms with Gasteiger partial charge in [-0.2, -0.15) is 0 Å². The van der Waals surface area contributed by atoms with Crippen molar-refractivity contribution in [3.05, 3.63) is 0 Å². The van der Waals surface area contributed by atoms with Crippen LogP contribution in [0.15, 0.2) is 0 Å². The van der Waals surface area contributed by atoms with E-state index in [9.17, 15) is 0 Å². The maximum atomic E-state index is 2.78. The van der Waals surface area contributed by atoms with Crippen LogP contribution in [0.3, 0.4) is 0 Å². The number of nitrogens with zero attached hydrogens (tertiary/aromatic N) is 1. The average Bonchev–Trinajstić information content (AvgIpc) is 2.26. The van der Waals surface area contributed by atoms with E-state index < -0.39 is 0 Å². The van der Waals surface area contributed by atoms with Crippen molar-refractivity contribution in [2.75, 3.05) is 19.6 Å². The monoisotopic (exact) mass is 317 g/mol. The van der Waals surface area contributed by atoms with Gasteiger partial charge in [0.15, 0.2) is 0 Å². The number of rotatable bonds is 12. The van der Waals surface area contributed by atoms with Crippen molar-refractivity contribution in [1.29, 1.82) is 0 Å². The number of hydrogen-bond donors (Lipinski definition) is 0. The van der Waals surface area contributed by atoms with Crippen molar-refractivity contribution >= 4 is 26.4 Å². The molecule has 0 bridgehead atoms. The highest BCUT2D eigenvalue weighted by Gasteiger charge is 2.07. The average molecular weight is 318 g/mol. The van der Waals surface area contributed by atoms with Crippen molar-refractivity contribution < 1.29 is 0 Å². The third kappa shape index (κ3) is 14.8. The first-order valence-electron chi connectivity index (χ1n) is 8.64. The van der Waals surface area contributed by atoms with Gasteiger partial charge in [0.25, 0.3) is 0 Å². The molecule has 0 unspecified atom stereocenters. The highest BCUT2D eigenvalue weighted by Crippen LogP contribution is 2.07. The van der Waals surface area contributed by atoms with Gasteiger partial charge in [-0.05, 0) is 38.9 Å². The Hall–Kier alpha value is 0.611. The molecular formula is C15H39NSi3.